The molecule has 1 aromatic carbocycles. The summed E-state index contributed by atoms with van der Waals surface area (Å²) < 4.78 is 42.6. The summed E-state index contributed by atoms with van der Waals surface area (Å²) >= 11 is 0. The van der Waals surface area contributed by atoms with Crippen molar-refractivity contribution < 1.29 is 32.1 Å². The number of pyridine rings is 1. The SMILES string of the molecule is CO/N=C1\CCN(c2cc3c(cc2F)c(=O)c(C(=O)O)cn3C2CC2)CC1N.CS(=O)(=O)O. The molecular formula is C20H25FN4O7S. The van der Waals surface area contributed by atoms with Crippen molar-refractivity contribution in [2.24, 2.45) is 10.9 Å². The number of hydrogen-bond acceptors (Lipinski definition) is 8. The van der Waals surface area contributed by atoms with E-state index in [1.807, 2.05) is 4.90 Å². The number of anilines is 1. The Morgan fingerprint density at radius 2 is 1.97 bits per heavy atom. The van der Waals surface area contributed by atoms with Crippen molar-refractivity contribution in [2.75, 3.05) is 31.4 Å². The number of carboxylic acids is 1. The van der Waals surface area contributed by atoms with Gasteiger partial charge in [0.1, 0.15) is 18.5 Å². The number of fused-ring (bicyclic) bond motifs is 1. The number of rotatable bonds is 4. The molecule has 1 aromatic heterocycles. The number of hydrogen-bond donors (Lipinski definition) is 3. The Morgan fingerprint density at radius 3 is 2.48 bits per heavy atom. The molecule has 1 saturated carbocycles. The van der Waals surface area contributed by atoms with Crippen molar-refractivity contribution in [3.05, 3.63) is 39.9 Å². The average molecular weight is 485 g/mol. The smallest absolute Gasteiger partial charge is 0.341 e. The monoisotopic (exact) mass is 484 g/mol. The van der Waals surface area contributed by atoms with Crippen LogP contribution in [-0.2, 0) is 15.0 Å². The minimum atomic E-state index is -3.67. The van der Waals surface area contributed by atoms with Gasteiger partial charge in [0.25, 0.3) is 10.1 Å². The lowest BCUT2D eigenvalue weighted by Gasteiger charge is -2.33. The number of benzene rings is 1. The van der Waals surface area contributed by atoms with Gasteiger partial charge in [-0.15, -0.1) is 0 Å². The van der Waals surface area contributed by atoms with Gasteiger partial charge in [-0.3, -0.25) is 9.35 Å². The van der Waals surface area contributed by atoms with Crippen LogP contribution in [0.2, 0.25) is 0 Å². The van der Waals surface area contributed by atoms with E-state index in [0.717, 1.165) is 24.6 Å². The van der Waals surface area contributed by atoms with Crippen LogP contribution in [-0.4, -0.2) is 66.8 Å². The van der Waals surface area contributed by atoms with E-state index in [1.165, 1.54) is 13.3 Å². The van der Waals surface area contributed by atoms with Gasteiger partial charge in [0.05, 0.1) is 29.2 Å². The second kappa shape index (κ2) is 9.45. The molecule has 2 fully saturated rings. The van der Waals surface area contributed by atoms with E-state index in [4.69, 9.17) is 15.1 Å². The molecule has 13 heteroatoms. The van der Waals surface area contributed by atoms with Crippen molar-refractivity contribution in [1.82, 2.24) is 4.57 Å². The number of aromatic carboxylic acids is 1. The van der Waals surface area contributed by atoms with Crippen LogP contribution in [0.5, 0.6) is 0 Å². The highest BCUT2D eigenvalue weighted by Crippen LogP contribution is 2.38. The molecule has 0 bridgehead atoms. The lowest BCUT2D eigenvalue weighted by Crippen LogP contribution is -2.49. The minimum absolute atomic E-state index is 0.0796. The summed E-state index contributed by atoms with van der Waals surface area (Å²) in [7, 11) is -2.21. The van der Waals surface area contributed by atoms with Crippen LogP contribution in [0.1, 0.15) is 35.7 Å². The zero-order chi connectivity index (χ0) is 24.5. The molecule has 2 aliphatic rings. The van der Waals surface area contributed by atoms with Gasteiger partial charge in [0.2, 0.25) is 5.43 Å². The van der Waals surface area contributed by atoms with E-state index in [9.17, 15) is 27.5 Å². The zero-order valence-corrected chi connectivity index (χ0v) is 18.9. The number of nitrogens with zero attached hydrogens (tertiary/aromatic N) is 3. The van der Waals surface area contributed by atoms with Crippen molar-refractivity contribution >= 4 is 38.4 Å². The van der Waals surface area contributed by atoms with Gasteiger partial charge in [0.15, 0.2) is 0 Å². The number of nitrogens with two attached hydrogens (primary N) is 1. The third kappa shape index (κ3) is 5.86. The van der Waals surface area contributed by atoms with E-state index >= 15 is 0 Å². The van der Waals surface area contributed by atoms with E-state index in [-0.39, 0.29) is 23.0 Å². The summed E-state index contributed by atoms with van der Waals surface area (Å²) in [6.07, 6.45) is 4.43. The highest BCUT2D eigenvalue weighted by atomic mass is 32.2. The second-order valence-electron chi connectivity index (χ2n) is 7.94. The second-order valence-corrected chi connectivity index (χ2v) is 9.40. The number of oxime groups is 1. The fraction of sp³-hybridized carbons (Fsp3) is 0.450. The Balaban J connectivity index is 0.000000555. The number of aromatic nitrogens is 1. The normalized spacial score (nSPS) is 19.8. The maximum Gasteiger partial charge on any atom is 0.341 e. The summed E-state index contributed by atoms with van der Waals surface area (Å²) in [5.41, 5.74) is 6.72. The number of carboxylic acid groups (broad SMARTS) is 1. The van der Waals surface area contributed by atoms with Gasteiger partial charge in [-0.2, -0.15) is 8.42 Å². The van der Waals surface area contributed by atoms with Crippen molar-refractivity contribution in [1.29, 1.82) is 0 Å². The average Bonchev–Trinajstić information content (AvgIpc) is 3.54. The molecule has 4 N–H and O–H groups in total. The number of halogens is 1. The zero-order valence-electron chi connectivity index (χ0n) is 18.1. The Kier molecular flexibility index (Phi) is 7.05. The van der Waals surface area contributed by atoms with Crippen molar-refractivity contribution in [3.63, 3.8) is 0 Å². The molecule has 33 heavy (non-hydrogen) atoms. The first-order valence-electron chi connectivity index (χ1n) is 10.0. The maximum absolute atomic E-state index is 14.9. The Hall–Kier alpha value is -3.03. The molecule has 2 heterocycles. The third-order valence-electron chi connectivity index (χ3n) is 5.30. The van der Waals surface area contributed by atoms with Crippen LogP contribution in [0.4, 0.5) is 10.1 Å². The molecule has 4 rings (SSSR count). The molecule has 1 unspecified atom stereocenters. The summed E-state index contributed by atoms with van der Waals surface area (Å²) in [4.78, 5) is 30.6. The molecule has 1 saturated heterocycles. The van der Waals surface area contributed by atoms with Crippen molar-refractivity contribution in [3.8, 4) is 0 Å². The highest BCUT2D eigenvalue weighted by molar-refractivity contribution is 7.85. The highest BCUT2D eigenvalue weighted by Gasteiger charge is 2.29. The van der Waals surface area contributed by atoms with E-state index in [0.29, 0.717) is 37.0 Å². The summed E-state index contributed by atoms with van der Waals surface area (Å²) in [5.74, 6) is -1.88. The van der Waals surface area contributed by atoms with E-state index < -0.39 is 27.3 Å². The predicted molar refractivity (Wildman–Crippen MR) is 120 cm³/mol. The molecule has 0 amide bonds. The topological polar surface area (TPSA) is 165 Å². The summed E-state index contributed by atoms with van der Waals surface area (Å²) in [6, 6.07) is 2.51. The molecule has 180 valence electrons. The van der Waals surface area contributed by atoms with Gasteiger partial charge in [0, 0.05) is 37.1 Å². The fourth-order valence-electron chi connectivity index (χ4n) is 3.73. The molecule has 1 aliphatic carbocycles. The first-order chi connectivity index (χ1) is 15.4. The van der Waals surface area contributed by atoms with Crippen LogP contribution in [0.3, 0.4) is 0 Å². The first-order valence-corrected chi connectivity index (χ1v) is 11.9. The first kappa shape index (κ1) is 24.6. The van der Waals surface area contributed by atoms with Crippen LogP contribution < -0.4 is 16.1 Å². The molecule has 0 radical (unpaired) electrons. The van der Waals surface area contributed by atoms with Gasteiger partial charge in [-0.25, -0.2) is 9.18 Å². The van der Waals surface area contributed by atoms with Crippen LogP contribution in [0.25, 0.3) is 10.9 Å². The van der Waals surface area contributed by atoms with Crippen LogP contribution in [0, 0.1) is 5.82 Å². The molecule has 1 aliphatic heterocycles. The van der Waals surface area contributed by atoms with Crippen molar-refractivity contribution in [2.45, 2.75) is 31.3 Å². The van der Waals surface area contributed by atoms with Crippen LogP contribution >= 0.6 is 0 Å². The quantitative estimate of drug-likeness (QED) is 0.427. The maximum atomic E-state index is 14.9. The van der Waals surface area contributed by atoms with Gasteiger partial charge < -0.3 is 25.1 Å². The van der Waals surface area contributed by atoms with Crippen LogP contribution in [0.15, 0.2) is 28.3 Å². The summed E-state index contributed by atoms with van der Waals surface area (Å²) in [5, 5.41) is 13.3. The van der Waals surface area contributed by atoms with Gasteiger partial charge >= 0.3 is 5.97 Å². The number of piperidine rings is 1. The van der Waals surface area contributed by atoms with E-state index in [2.05, 4.69) is 5.16 Å². The molecular weight excluding hydrogens is 459 g/mol. The van der Waals surface area contributed by atoms with Gasteiger partial charge in [-0.05, 0) is 25.0 Å². The Labute approximate surface area is 189 Å². The molecule has 1 atom stereocenters. The minimum Gasteiger partial charge on any atom is -0.477 e. The van der Waals surface area contributed by atoms with E-state index in [1.54, 1.807) is 10.6 Å². The Morgan fingerprint density at radius 1 is 1.33 bits per heavy atom. The number of carbonyl (C=O) groups is 1. The lowest BCUT2D eigenvalue weighted by atomic mass is 10.0. The lowest BCUT2D eigenvalue weighted by molar-refractivity contribution is 0.0694. The molecule has 11 nitrogen and oxygen atoms in total. The standard InChI is InChI=1S/C19H21FN4O4.CH4O3S/c1-28-22-15-4-5-23(9-14(15)21)17-7-16-11(6-13(17)20)18(25)12(19(26)27)8-24(16)10-2-3-10;1-5(2,3)4/h6-8,10,14H,2-5,9,21H2,1H3,(H,26,27);1H3,(H,2,3,4)/b22-15+;. The molecule has 0 spiro atoms. The molecule has 2 aromatic rings. The predicted octanol–water partition coefficient (Wildman–Crippen LogP) is 1.22. The largest absolute Gasteiger partial charge is 0.477 e. The third-order valence-corrected chi connectivity index (χ3v) is 5.30. The fourth-order valence-corrected chi connectivity index (χ4v) is 3.73. The summed E-state index contributed by atoms with van der Waals surface area (Å²) in [6.45, 7) is 0.880. The van der Waals surface area contributed by atoms with Gasteiger partial charge in [-0.1, -0.05) is 5.16 Å². The Bertz CT molecular complexity index is 1260.